The Morgan fingerprint density at radius 2 is 1.91 bits per heavy atom. The Hall–Kier alpha value is -2.97. The van der Waals surface area contributed by atoms with Gasteiger partial charge in [-0.2, -0.15) is 0 Å². The van der Waals surface area contributed by atoms with E-state index in [0.717, 1.165) is 30.7 Å². The SMILES string of the molecule is COc1ccc(C(O)CN(CC2CC2)C(=O)c2nc(C3CC3)sc2-c2cccc(F)c2)cc1OC. The van der Waals surface area contributed by atoms with Crippen LogP contribution in [0.4, 0.5) is 4.39 Å². The van der Waals surface area contributed by atoms with Gasteiger partial charge in [-0.1, -0.05) is 18.2 Å². The minimum atomic E-state index is -0.906. The number of amides is 1. The van der Waals surface area contributed by atoms with Crippen LogP contribution in [0.5, 0.6) is 11.5 Å². The molecule has 0 bridgehead atoms. The van der Waals surface area contributed by atoms with Crippen molar-refractivity contribution in [3.63, 3.8) is 0 Å². The second-order valence-electron chi connectivity index (χ2n) is 9.30. The maximum absolute atomic E-state index is 14.0. The first-order valence-corrected chi connectivity index (χ1v) is 12.7. The molecular weight excluding hydrogens is 467 g/mol. The van der Waals surface area contributed by atoms with Crippen LogP contribution in [0.3, 0.4) is 0 Å². The number of aliphatic hydroxyl groups excluding tert-OH is 1. The van der Waals surface area contributed by atoms with Crippen LogP contribution in [-0.2, 0) is 0 Å². The molecule has 3 aromatic rings. The number of nitrogens with zero attached hydrogens (tertiary/aromatic N) is 2. The lowest BCUT2D eigenvalue weighted by molar-refractivity contribution is 0.0606. The highest BCUT2D eigenvalue weighted by Crippen LogP contribution is 2.45. The van der Waals surface area contributed by atoms with Crippen molar-refractivity contribution < 1.29 is 23.8 Å². The predicted molar refractivity (Wildman–Crippen MR) is 133 cm³/mol. The fourth-order valence-electron chi connectivity index (χ4n) is 4.19. The molecule has 1 atom stereocenters. The van der Waals surface area contributed by atoms with Gasteiger partial charge in [0.2, 0.25) is 0 Å². The molecule has 2 saturated carbocycles. The number of benzene rings is 2. The average molecular weight is 497 g/mol. The van der Waals surface area contributed by atoms with E-state index >= 15 is 0 Å². The number of carbonyl (C=O) groups is 1. The molecule has 5 rings (SSSR count). The second kappa shape index (κ2) is 9.95. The van der Waals surface area contributed by atoms with Crippen LogP contribution in [0.25, 0.3) is 10.4 Å². The van der Waals surface area contributed by atoms with Gasteiger partial charge in [0, 0.05) is 12.5 Å². The molecule has 2 aromatic carbocycles. The Morgan fingerprint density at radius 1 is 1.14 bits per heavy atom. The lowest BCUT2D eigenvalue weighted by Crippen LogP contribution is -2.37. The van der Waals surface area contributed by atoms with Crippen LogP contribution in [0, 0.1) is 11.7 Å². The van der Waals surface area contributed by atoms with Gasteiger partial charge in [-0.05, 0) is 67.0 Å². The first kappa shape index (κ1) is 23.8. The first-order chi connectivity index (χ1) is 17.0. The van der Waals surface area contributed by atoms with E-state index in [0.29, 0.717) is 51.6 Å². The Balaban J connectivity index is 1.44. The molecule has 184 valence electrons. The molecule has 1 heterocycles. The number of halogens is 1. The normalized spacial score (nSPS) is 16.1. The van der Waals surface area contributed by atoms with E-state index in [1.165, 1.54) is 23.5 Å². The molecule has 0 saturated heterocycles. The number of aromatic nitrogens is 1. The number of ether oxygens (including phenoxy) is 2. The van der Waals surface area contributed by atoms with Crippen LogP contribution in [0.2, 0.25) is 0 Å². The minimum Gasteiger partial charge on any atom is -0.493 e. The monoisotopic (exact) mass is 496 g/mol. The van der Waals surface area contributed by atoms with Crippen LogP contribution < -0.4 is 9.47 Å². The molecule has 2 aliphatic rings. The summed E-state index contributed by atoms with van der Waals surface area (Å²) in [6, 6.07) is 11.6. The van der Waals surface area contributed by atoms with Crippen molar-refractivity contribution in [3.8, 4) is 21.9 Å². The van der Waals surface area contributed by atoms with Crippen molar-refractivity contribution >= 4 is 17.2 Å². The second-order valence-corrected chi connectivity index (χ2v) is 10.3. The number of hydrogen-bond acceptors (Lipinski definition) is 6. The number of rotatable bonds is 10. The van der Waals surface area contributed by atoms with Gasteiger partial charge >= 0.3 is 0 Å². The largest absolute Gasteiger partial charge is 0.493 e. The molecule has 2 fully saturated rings. The summed E-state index contributed by atoms with van der Waals surface area (Å²) >= 11 is 1.48. The molecule has 1 N–H and O–H groups in total. The van der Waals surface area contributed by atoms with E-state index in [2.05, 4.69) is 0 Å². The van der Waals surface area contributed by atoms with Gasteiger partial charge in [0.1, 0.15) is 11.5 Å². The fourth-order valence-corrected chi connectivity index (χ4v) is 5.41. The number of aliphatic hydroxyl groups is 1. The highest BCUT2D eigenvalue weighted by molar-refractivity contribution is 7.15. The summed E-state index contributed by atoms with van der Waals surface area (Å²) in [7, 11) is 3.11. The smallest absolute Gasteiger partial charge is 0.274 e. The third-order valence-corrected chi connectivity index (χ3v) is 7.78. The van der Waals surface area contributed by atoms with Crippen molar-refractivity contribution in [2.24, 2.45) is 5.92 Å². The van der Waals surface area contributed by atoms with Crippen molar-refractivity contribution in [1.82, 2.24) is 9.88 Å². The lowest BCUT2D eigenvalue weighted by atomic mass is 10.1. The number of thiazole rings is 1. The summed E-state index contributed by atoms with van der Waals surface area (Å²) < 4.78 is 24.7. The third-order valence-electron chi connectivity index (χ3n) is 6.51. The maximum atomic E-state index is 14.0. The molecule has 2 aliphatic carbocycles. The summed E-state index contributed by atoms with van der Waals surface area (Å²) in [4.78, 5) is 21.0. The van der Waals surface area contributed by atoms with Gasteiger partial charge in [-0.3, -0.25) is 4.79 Å². The quantitative estimate of drug-likeness (QED) is 0.405. The Bertz CT molecular complexity index is 1220. The summed E-state index contributed by atoms with van der Waals surface area (Å²) in [5.74, 6) is 1.33. The zero-order valence-electron chi connectivity index (χ0n) is 19.9. The predicted octanol–water partition coefficient (Wildman–Crippen LogP) is 5.43. The molecule has 8 heteroatoms. The van der Waals surface area contributed by atoms with E-state index in [9.17, 15) is 14.3 Å². The Labute approximate surface area is 208 Å². The van der Waals surface area contributed by atoms with Gasteiger partial charge in [0.05, 0.1) is 36.8 Å². The highest BCUT2D eigenvalue weighted by Gasteiger charge is 2.34. The maximum Gasteiger partial charge on any atom is 0.274 e. The summed E-state index contributed by atoms with van der Waals surface area (Å²) in [5.41, 5.74) is 1.64. The van der Waals surface area contributed by atoms with Crippen molar-refractivity contribution in [1.29, 1.82) is 0 Å². The number of methoxy groups -OCH3 is 2. The molecule has 6 nitrogen and oxygen atoms in total. The lowest BCUT2D eigenvalue weighted by Gasteiger charge is -2.26. The van der Waals surface area contributed by atoms with Crippen LogP contribution >= 0.6 is 11.3 Å². The van der Waals surface area contributed by atoms with Gasteiger partial charge in [-0.15, -0.1) is 11.3 Å². The number of carbonyl (C=O) groups excluding carboxylic acids is 1. The molecule has 1 amide bonds. The van der Waals surface area contributed by atoms with E-state index in [1.807, 2.05) is 6.07 Å². The summed E-state index contributed by atoms with van der Waals surface area (Å²) in [6.45, 7) is 0.686. The zero-order chi connectivity index (χ0) is 24.5. The summed E-state index contributed by atoms with van der Waals surface area (Å²) in [6.07, 6.45) is 3.35. The standard InChI is InChI=1S/C27H29FN2O4S/c1-33-22-11-10-18(13-23(22)34-2)21(31)15-30(14-16-6-7-16)27(32)24-25(19-4-3-5-20(28)12-19)35-26(29-24)17-8-9-17/h3-5,10-13,16-17,21,31H,6-9,14-15H2,1-2H3. The van der Waals surface area contributed by atoms with Gasteiger partial charge in [0.25, 0.3) is 5.91 Å². The van der Waals surface area contributed by atoms with E-state index in [4.69, 9.17) is 14.5 Å². The van der Waals surface area contributed by atoms with Gasteiger partial charge < -0.3 is 19.5 Å². The Kier molecular flexibility index (Phi) is 6.75. The van der Waals surface area contributed by atoms with Crippen molar-refractivity contribution in [2.45, 2.75) is 37.7 Å². The van der Waals surface area contributed by atoms with Gasteiger partial charge in [0.15, 0.2) is 11.5 Å². The van der Waals surface area contributed by atoms with Crippen molar-refractivity contribution in [3.05, 3.63) is 64.5 Å². The fraction of sp³-hybridized carbons (Fsp3) is 0.407. The van der Waals surface area contributed by atoms with Crippen LogP contribution in [0.1, 0.15) is 58.8 Å². The van der Waals surface area contributed by atoms with Crippen LogP contribution in [0.15, 0.2) is 42.5 Å². The average Bonchev–Trinajstić information content (AvgIpc) is 3.81. The zero-order valence-corrected chi connectivity index (χ0v) is 20.7. The molecule has 1 unspecified atom stereocenters. The third kappa shape index (κ3) is 5.33. The molecule has 0 aliphatic heterocycles. The molecule has 0 spiro atoms. The Morgan fingerprint density at radius 3 is 2.57 bits per heavy atom. The molecular formula is C27H29FN2O4S. The van der Waals surface area contributed by atoms with E-state index in [1.54, 1.807) is 43.4 Å². The molecule has 35 heavy (non-hydrogen) atoms. The topological polar surface area (TPSA) is 71.9 Å². The summed E-state index contributed by atoms with van der Waals surface area (Å²) in [5, 5.41) is 12.0. The first-order valence-electron chi connectivity index (χ1n) is 11.9. The minimum absolute atomic E-state index is 0.129. The molecule has 0 radical (unpaired) electrons. The van der Waals surface area contributed by atoms with Crippen LogP contribution in [-0.4, -0.2) is 48.2 Å². The number of hydrogen-bond donors (Lipinski definition) is 1. The van der Waals surface area contributed by atoms with E-state index < -0.39 is 6.10 Å². The molecule has 1 aromatic heterocycles. The van der Waals surface area contributed by atoms with E-state index in [-0.39, 0.29) is 18.3 Å². The van der Waals surface area contributed by atoms with Gasteiger partial charge in [-0.25, -0.2) is 9.37 Å². The van der Waals surface area contributed by atoms with Crippen molar-refractivity contribution in [2.75, 3.05) is 27.3 Å². The highest BCUT2D eigenvalue weighted by atomic mass is 32.1.